The molecule has 1 saturated carbocycles. The molecule has 2 nitrogen and oxygen atoms in total. The first-order valence-corrected chi connectivity index (χ1v) is 7.28. The summed E-state index contributed by atoms with van der Waals surface area (Å²) in [5.41, 5.74) is 0.390. The summed E-state index contributed by atoms with van der Waals surface area (Å²) in [5, 5.41) is 3.78. The van der Waals surface area contributed by atoms with Crippen LogP contribution in [0.15, 0.2) is 22.8 Å². The van der Waals surface area contributed by atoms with Crippen LogP contribution in [0.4, 0.5) is 0 Å². The van der Waals surface area contributed by atoms with E-state index in [1.165, 1.54) is 25.7 Å². The van der Waals surface area contributed by atoms with Gasteiger partial charge in [-0.05, 0) is 43.2 Å². The van der Waals surface area contributed by atoms with E-state index in [0.717, 1.165) is 11.7 Å². The third kappa shape index (κ3) is 3.17. The molecular weight excluding hydrogens is 222 g/mol. The highest BCUT2D eigenvalue weighted by Gasteiger charge is 2.34. The van der Waals surface area contributed by atoms with Gasteiger partial charge in [-0.15, -0.1) is 0 Å². The van der Waals surface area contributed by atoms with Gasteiger partial charge in [-0.3, -0.25) is 0 Å². The van der Waals surface area contributed by atoms with Gasteiger partial charge in [0.15, 0.2) is 0 Å². The molecule has 1 fully saturated rings. The average molecular weight is 249 g/mol. The van der Waals surface area contributed by atoms with E-state index in [9.17, 15) is 0 Å². The van der Waals surface area contributed by atoms with Crippen molar-refractivity contribution in [1.82, 2.24) is 5.32 Å². The normalized spacial score (nSPS) is 27.1. The van der Waals surface area contributed by atoms with E-state index in [1.54, 1.807) is 6.26 Å². The molecule has 1 N–H and O–H groups in total. The van der Waals surface area contributed by atoms with E-state index in [-0.39, 0.29) is 0 Å². The first kappa shape index (κ1) is 13.7. The predicted octanol–water partition coefficient (Wildman–Crippen LogP) is 4.54. The molecule has 102 valence electrons. The average Bonchev–Trinajstić information content (AvgIpc) is 2.81. The molecule has 0 aromatic carbocycles. The van der Waals surface area contributed by atoms with Crippen molar-refractivity contribution in [2.45, 2.75) is 65.5 Å². The van der Waals surface area contributed by atoms with E-state index < -0.39 is 0 Å². The molecule has 0 spiro atoms. The second-order valence-corrected chi connectivity index (χ2v) is 6.77. The SMILES string of the molecule is C[C@H](NC1CCCCC1C(C)(C)C)c1ccco1. The summed E-state index contributed by atoms with van der Waals surface area (Å²) in [7, 11) is 0. The maximum absolute atomic E-state index is 5.50. The van der Waals surface area contributed by atoms with E-state index in [2.05, 4.69) is 39.1 Å². The molecule has 1 aliphatic rings. The van der Waals surface area contributed by atoms with Crippen LogP contribution in [-0.2, 0) is 0 Å². The summed E-state index contributed by atoms with van der Waals surface area (Å²) in [6.07, 6.45) is 7.15. The lowest BCUT2D eigenvalue weighted by Gasteiger charge is -2.42. The number of furan rings is 1. The van der Waals surface area contributed by atoms with Gasteiger partial charge in [-0.25, -0.2) is 0 Å². The molecular formula is C16H27NO. The molecule has 0 bridgehead atoms. The van der Waals surface area contributed by atoms with Crippen LogP contribution in [0.3, 0.4) is 0 Å². The van der Waals surface area contributed by atoms with Gasteiger partial charge in [0.2, 0.25) is 0 Å². The molecule has 0 aliphatic heterocycles. The summed E-state index contributed by atoms with van der Waals surface area (Å²) in [5.74, 6) is 1.82. The summed E-state index contributed by atoms with van der Waals surface area (Å²) in [6.45, 7) is 9.31. The van der Waals surface area contributed by atoms with Gasteiger partial charge >= 0.3 is 0 Å². The number of rotatable bonds is 3. The predicted molar refractivity (Wildman–Crippen MR) is 75.5 cm³/mol. The van der Waals surface area contributed by atoms with Crippen molar-refractivity contribution in [1.29, 1.82) is 0 Å². The van der Waals surface area contributed by atoms with Gasteiger partial charge in [-0.1, -0.05) is 33.6 Å². The Morgan fingerprint density at radius 3 is 2.61 bits per heavy atom. The molecule has 2 rings (SSSR count). The molecule has 3 atom stereocenters. The second-order valence-electron chi connectivity index (χ2n) is 6.77. The summed E-state index contributed by atoms with van der Waals surface area (Å²) in [6, 6.07) is 4.97. The molecule has 1 aromatic heterocycles. The minimum atomic E-state index is 0.313. The fraction of sp³-hybridized carbons (Fsp3) is 0.750. The minimum absolute atomic E-state index is 0.313. The van der Waals surface area contributed by atoms with E-state index in [0.29, 0.717) is 17.5 Å². The van der Waals surface area contributed by atoms with E-state index >= 15 is 0 Å². The smallest absolute Gasteiger partial charge is 0.120 e. The summed E-state index contributed by atoms with van der Waals surface area (Å²) >= 11 is 0. The van der Waals surface area contributed by atoms with Crippen molar-refractivity contribution in [3.05, 3.63) is 24.2 Å². The van der Waals surface area contributed by atoms with Gasteiger partial charge in [0.25, 0.3) is 0 Å². The Balaban J connectivity index is 2.01. The molecule has 2 heteroatoms. The Hall–Kier alpha value is -0.760. The molecule has 2 unspecified atom stereocenters. The van der Waals surface area contributed by atoms with E-state index in [4.69, 9.17) is 4.42 Å². The van der Waals surface area contributed by atoms with Crippen LogP contribution in [0.2, 0.25) is 0 Å². The lowest BCUT2D eigenvalue weighted by molar-refractivity contribution is 0.122. The molecule has 1 heterocycles. The van der Waals surface area contributed by atoms with Crippen LogP contribution >= 0.6 is 0 Å². The Bertz CT molecular complexity index is 350. The minimum Gasteiger partial charge on any atom is -0.468 e. The van der Waals surface area contributed by atoms with Crippen LogP contribution < -0.4 is 5.32 Å². The first-order valence-electron chi connectivity index (χ1n) is 7.28. The zero-order valence-electron chi connectivity index (χ0n) is 12.2. The fourth-order valence-corrected chi connectivity index (χ4v) is 3.31. The maximum Gasteiger partial charge on any atom is 0.120 e. The molecule has 1 aliphatic carbocycles. The van der Waals surface area contributed by atoms with Crippen molar-refractivity contribution in [2.75, 3.05) is 0 Å². The second kappa shape index (κ2) is 5.48. The molecule has 0 amide bonds. The Morgan fingerprint density at radius 1 is 1.28 bits per heavy atom. The van der Waals surface area contributed by atoms with Crippen molar-refractivity contribution >= 4 is 0 Å². The van der Waals surface area contributed by atoms with Crippen LogP contribution in [0.1, 0.15) is 65.2 Å². The zero-order valence-corrected chi connectivity index (χ0v) is 12.2. The topological polar surface area (TPSA) is 25.2 Å². The quantitative estimate of drug-likeness (QED) is 0.851. The molecule has 18 heavy (non-hydrogen) atoms. The molecule has 1 aromatic rings. The van der Waals surface area contributed by atoms with Crippen molar-refractivity contribution < 1.29 is 4.42 Å². The van der Waals surface area contributed by atoms with Crippen LogP contribution in [0.25, 0.3) is 0 Å². The van der Waals surface area contributed by atoms with Crippen molar-refractivity contribution in [3.63, 3.8) is 0 Å². The molecule has 0 saturated heterocycles. The standard InChI is InChI=1S/C16H27NO/c1-12(15-10-7-11-18-15)17-14-9-6-5-8-13(14)16(2,3)4/h7,10-14,17H,5-6,8-9H2,1-4H3/t12-,13?,14?/m0/s1. The van der Waals surface area contributed by atoms with Crippen molar-refractivity contribution in [3.8, 4) is 0 Å². The van der Waals surface area contributed by atoms with Crippen LogP contribution in [0, 0.1) is 11.3 Å². The van der Waals surface area contributed by atoms with Gasteiger partial charge in [0.05, 0.1) is 12.3 Å². The third-order valence-electron chi connectivity index (χ3n) is 4.31. The first-order chi connectivity index (χ1) is 8.48. The fourth-order valence-electron chi connectivity index (χ4n) is 3.31. The summed E-state index contributed by atoms with van der Waals surface area (Å²) in [4.78, 5) is 0. The molecule has 0 radical (unpaired) electrons. The van der Waals surface area contributed by atoms with Gasteiger partial charge < -0.3 is 9.73 Å². The lowest BCUT2D eigenvalue weighted by atomic mass is 9.69. The number of nitrogens with one attached hydrogen (secondary N) is 1. The zero-order chi connectivity index (χ0) is 13.2. The number of hydrogen-bond donors (Lipinski definition) is 1. The van der Waals surface area contributed by atoms with Gasteiger partial charge in [0, 0.05) is 6.04 Å². The highest BCUT2D eigenvalue weighted by molar-refractivity contribution is 5.04. The Kier molecular flexibility index (Phi) is 4.16. The Labute approximate surface area is 111 Å². The largest absolute Gasteiger partial charge is 0.468 e. The van der Waals surface area contributed by atoms with Gasteiger partial charge in [-0.2, -0.15) is 0 Å². The number of hydrogen-bond acceptors (Lipinski definition) is 2. The lowest BCUT2D eigenvalue weighted by Crippen LogP contribution is -2.45. The summed E-state index contributed by atoms with van der Waals surface area (Å²) < 4.78 is 5.50. The van der Waals surface area contributed by atoms with Gasteiger partial charge in [0.1, 0.15) is 5.76 Å². The van der Waals surface area contributed by atoms with Crippen LogP contribution in [-0.4, -0.2) is 6.04 Å². The maximum atomic E-state index is 5.50. The van der Waals surface area contributed by atoms with Crippen LogP contribution in [0.5, 0.6) is 0 Å². The van der Waals surface area contributed by atoms with E-state index in [1.807, 2.05) is 6.07 Å². The van der Waals surface area contributed by atoms with Crippen molar-refractivity contribution in [2.24, 2.45) is 11.3 Å². The monoisotopic (exact) mass is 249 g/mol. The highest BCUT2D eigenvalue weighted by Crippen LogP contribution is 2.38. The highest BCUT2D eigenvalue weighted by atomic mass is 16.3. The third-order valence-corrected chi connectivity index (χ3v) is 4.31. The Morgan fingerprint density at radius 2 is 2.00 bits per heavy atom.